The maximum Gasteiger partial charge on any atom is 0.344 e. The van der Waals surface area contributed by atoms with Crippen molar-refractivity contribution in [1.29, 1.82) is 0 Å². The van der Waals surface area contributed by atoms with Crippen molar-refractivity contribution in [2.45, 2.75) is 43.7 Å². The summed E-state index contributed by atoms with van der Waals surface area (Å²) < 4.78 is 91.9. The molecule has 1 fully saturated rings. The molecular formula is C25H27F4N3O7S. The zero-order chi connectivity index (χ0) is 29.8. The number of hydrogen-bond donors (Lipinski definition) is 2. The van der Waals surface area contributed by atoms with Gasteiger partial charge in [0.1, 0.15) is 22.9 Å². The summed E-state index contributed by atoms with van der Waals surface area (Å²) in [5.41, 5.74) is 4.86. The molecule has 1 saturated heterocycles. The summed E-state index contributed by atoms with van der Waals surface area (Å²) in [6.45, 7) is 2.46. The van der Waals surface area contributed by atoms with E-state index < -0.39 is 80.5 Å². The van der Waals surface area contributed by atoms with Crippen LogP contribution in [0.25, 0.3) is 0 Å². The monoisotopic (exact) mass is 589 g/mol. The van der Waals surface area contributed by atoms with E-state index in [-0.39, 0.29) is 37.4 Å². The Balaban J connectivity index is 1.62. The third-order valence-electron chi connectivity index (χ3n) is 6.07. The van der Waals surface area contributed by atoms with Gasteiger partial charge in [0.05, 0.1) is 0 Å². The molecule has 3 N–H and O–H groups in total. The molecule has 40 heavy (non-hydrogen) atoms. The first kappa shape index (κ1) is 31.0. The first-order chi connectivity index (χ1) is 18.7. The van der Waals surface area contributed by atoms with Crippen LogP contribution in [0.1, 0.15) is 37.0 Å². The van der Waals surface area contributed by atoms with E-state index in [1.165, 1.54) is 0 Å². The number of esters is 2. The largest absolute Gasteiger partial charge is 0.460 e. The second-order valence-corrected chi connectivity index (χ2v) is 11.2. The summed E-state index contributed by atoms with van der Waals surface area (Å²) >= 11 is 0. The van der Waals surface area contributed by atoms with Crippen LogP contribution in [0, 0.1) is 29.2 Å². The molecule has 0 saturated carbocycles. The quantitative estimate of drug-likeness (QED) is 0.258. The van der Waals surface area contributed by atoms with E-state index in [0.717, 1.165) is 22.5 Å². The third-order valence-corrected chi connectivity index (χ3v) is 7.99. The Bertz CT molecular complexity index is 1370. The van der Waals surface area contributed by atoms with Crippen molar-refractivity contribution in [2.75, 3.05) is 25.0 Å². The summed E-state index contributed by atoms with van der Waals surface area (Å²) in [5.74, 6) is -8.81. The van der Waals surface area contributed by atoms with Crippen molar-refractivity contribution in [3.8, 4) is 0 Å². The van der Waals surface area contributed by atoms with Gasteiger partial charge in [-0.2, -0.15) is 4.31 Å². The third kappa shape index (κ3) is 7.34. The molecule has 1 aliphatic heterocycles. The second-order valence-electron chi connectivity index (χ2n) is 9.32. The number of halogens is 4. The number of nitrogens with zero attached hydrogens (tertiary/aromatic N) is 1. The van der Waals surface area contributed by atoms with Gasteiger partial charge in [-0.25, -0.2) is 30.8 Å². The Hall–Kier alpha value is -3.56. The number of nitrogens with two attached hydrogens (primary N) is 1. The number of sulfonamides is 1. The van der Waals surface area contributed by atoms with E-state index in [4.69, 9.17) is 15.2 Å². The zero-order valence-corrected chi connectivity index (χ0v) is 22.3. The van der Waals surface area contributed by atoms with Crippen molar-refractivity contribution >= 4 is 33.6 Å². The van der Waals surface area contributed by atoms with E-state index in [9.17, 15) is 40.4 Å². The summed E-state index contributed by atoms with van der Waals surface area (Å²) in [7, 11) is -4.45. The van der Waals surface area contributed by atoms with Crippen LogP contribution in [0.3, 0.4) is 0 Å². The van der Waals surface area contributed by atoms with E-state index in [2.05, 4.69) is 5.32 Å². The SMILES string of the molecule is CC(C)[C@H](N)C(=O)OCC(=O)OC1CCN(S(=O)(=O)c2cc(C(=O)Nc3cc(F)c(F)c(F)c3)ccc2F)CC1. The first-order valence-electron chi connectivity index (χ1n) is 12.1. The zero-order valence-electron chi connectivity index (χ0n) is 21.5. The van der Waals surface area contributed by atoms with E-state index in [1.54, 1.807) is 13.8 Å². The molecule has 10 nitrogen and oxygen atoms in total. The molecule has 0 aromatic heterocycles. The van der Waals surface area contributed by atoms with Crippen LogP contribution < -0.4 is 11.1 Å². The predicted octanol–water partition coefficient (Wildman–Crippen LogP) is 2.72. The lowest BCUT2D eigenvalue weighted by Crippen LogP contribution is -2.42. The van der Waals surface area contributed by atoms with Crippen LogP contribution in [0.2, 0.25) is 0 Å². The summed E-state index contributed by atoms with van der Waals surface area (Å²) in [6, 6.07) is 2.62. The fourth-order valence-corrected chi connectivity index (χ4v) is 5.28. The standard InChI is InChI=1S/C25H27F4N3O7S/c1-13(2)23(30)25(35)38-12-21(33)39-16-5-7-32(8-6-16)40(36,37)20-9-14(3-4-17(20)26)24(34)31-15-10-18(27)22(29)19(28)11-15/h3-4,9-11,13,16,23H,5-8,12,30H2,1-2H3,(H,31,34)/t23-/m0/s1. The van der Waals surface area contributed by atoms with E-state index in [0.29, 0.717) is 12.1 Å². The summed E-state index contributed by atoms with van der Waals surface area (Å²) in [6.07, 6.45) is -0.558. The highest BCUT2D eigenvalue weighted by Gasteiger charge is 2.33. The minimum atomic E-state index is -4.45. The van der Waals surface area contributed by atoms with Crippen LogP contribution in [-0.4, -0.2) is 62.4 Å². The molecule has 0 spiro atoms. The van der Waals surface area contributed by atoms with Gasteiger partial charge in [0.15, 0.2) is 24.1 Å². The summed E-state index contributed by atoms with van der Waals surface area (Å²) in [5, 5.41) is 2.09. The smallest absolute Gasteiger partial charge is 0.344 e. The average molecular weight is 590 g/mol. The second kappa shape index (κ2) is 12.7. The Morgan fingerprint density at radius 1 is 1.02 bits per heavy atom. The predicted molar refractivity (Wildman–Crippen MR) is 132 cm³/mol. The first-order valence-corrected chi connectivity index (χ1v) is 13.5. The normalized spacial score (nSPS) is 15.5. The molecule has 1 aliphatic rings. The Morgan fingerprint density at radius 2 is 1.62 bits per heavy atom. The molecule has 218 valence electrons. The number of anilines is 1. The van der Waals surface area contributed by atoms with Gasteiger partial charge < -0.3 is 20.5 Å². The highest BCUT2D eigenvalue weighted by atomic mass is 32.2. The minimum Gasteiger partial charge on any atom is -0.460 e. The number of rotatable bonds is 9. The lowest BCUT2D eigenvalue weighted by atomic mass is 10.1. The molecule has 3 rings (SSSR count). The molecule has 1 heterocycles. The molecule has 0 radical (unpaired) electrons. The van der Waals surface area contributed by atoms with Gasteiger partial charge in [0.2, 0.25) is 10.0 Å². The van der Waals surface area contributed by atoms with Crippen LogP contribution >= 0.6 is 0 Å². The Kier molecular flexibility index (Phi) is 9.87. The van der Waals surface area contributed by atoms with Gasteiger partial charge in [-0.3, -0.25) is 9.59 Å². The van der Waals surface area contributed by atoms with Crippen LogP contribution in [-0.2, 0) is 29.1 Å². The average Bonchev–Trinajstić information content (AvgIpc) is 2.90. The number of amides is 1. The molecular weight excluding hydrogens is 562 g/mol. The topological polar surface area (TPSA) is 145 Å². The summed E-state index contributed by atoms with van der Waals surface area (Å²) in [4.78, 5) is 35.5. The minimum absolute atomic E-state index is 0.0634. The number of ether oxygens (including phenoxy) is 2. The molecule has 2 aromatic rings. The Morgan fingerprint density at radius 3 is 2.20 bits per heavy atom. The number of carbonyl (C=O) groups is 3. The molecule has 0 bridgehead atoms. The highest BCUT2D eigenvalue weighted by Crippen LogP contribution is 2.26. The maximum atomic E-state index is 14.6. The number of piperidine rings is 1. The van der Waals surface area contributed by atoms with E-state index >= 15 is 0 Å². The Labute approximate surface area is 227 Å². The van der Waals surface area contributed by atoms with E-state index in [1.807, 2.05) is 0 Å². The van der Waals surface area contributed by atoms with Gasteiger partial charge in [0.25, 0.3) is 5.91 Å². The fourth-order valence-electron chi connectivity index (χ4n) is 3.72. The van der Waals surface area contributed by atoms with Gasteiger partial charge in [-0.05, 0) is 37.0 Å². The van der Waals surface area contributed by atoms with Crippen molar-refractivity contribution in [3.63, 3.8) is 0 Å². The van der Waals surface area contributed by atoms with Crippen LogP contribution in [0.4, 0.5) is 23.2 Å². The fraction of sp³-hybridized carbons (Fsp3) is 0.400. The number of nitrogens with one attached hydrogen (secondary N) is 1. The van der Waals surface area contributed by atoms with Gasteiger partial charge in [0, 0.05) is 36.5 Å². The lowest BCUT2D eigenvalue weighted by molar-refractivity contribution is -0.164. The molecule has 1 atom stereocenters. The van der Waals surface area contributed by atoms with Gasteiger partial charge in [-0.1, -0.05) is 13.8 Å². The maximum absolute atomic E-state index is 14.6. The van der Waals surface area contributed by atoms with Gasteiger partial charge in [-0.15, -0.1) is 0 Å². The van der Waals surface area contributed by atoms with Gasteiger partial charge >= 0.3 is 11.9 Å². The van der Waals surface area contributed by atoms with Crippen molar-refractivity contribution < 1.29 is 49.8 Å². The van der Waals surface area contributed by atoms with Crippen molar-refractivity contribution in [3.05, 3.63) is 59.2 Å². The molecule has 2 aromatic carbocycles. The highest BCUT2D eigenvalue weighted by molar-refractivity contribution is 7.89. The van der Waals surface area contributed by atoms with Crippen LogP contribution in [0.5, 0.6) is 0 Å². The van der Waals surface area contributed by atoms with Crippen LogP contribution in [0.15, 0.2) is 35.2 Å². The lowest BCUT2D eigenvalue weighted by Gasteiger charge is -2.31. The molecule has 0 unspecified atom stereocenters. The molecule has 15 heteroatoms. The van der Waals surface area contributed by atoms with Crippen molar-refractivity contribution in [2.24, 2.45) is 11.7 Å². The molecule has 0 aliphatic carbocycles. The van der Waals surface area contributed by atoms with Crippen molar-refractivity contribution in [1.82, 2.24) is 4.31 Å². The number of benzene rings is 2. The number of carbonyl (C=O) groups excluding carboxylic acids is 3. The number of hydrogen-bond acceptors (Lipinski definition) is 8. The molecule has 1 amide bonds.